The molecule has 2 aromatic rings. The highest BCUT2D eigenvalue weighted by Gasteiger charge is 2.33. The van der Waals surface area contributed by atoms with E-state index in [1.54, 1.807) is 4.90 Å². The van der Waals surface area contributed by atoms with Crippen LogP contribution >= 0.6 is 22.9 Å². The van der Waals surface area contributed by atoms with Crippen molar-refractivity contribution in [3.05, 3.63) is 44.6 Å². The number of amides is 1. The highest BCUT2D eigenvalue weighted by atomic mass is 35.5. The predicted octanol–water partition coefficient (Wildman–Crippen LogP) is 3.18. The summed E-state index contributed by atoms with van der Waals surface area (Å²) in [4.78, 5) is 33.8. The van der Waals surface area contributed by atoms with Gasteiger partial charge < -0.3 is 10.0 Å². The maximum absolute atomic E-state index is 12.8. The second kappa shape index (κ2) is 6.25. The molecule has 2 aromatic heterocycles. The van der Waals surface area contributed by atoms with Crippen LogP contribution < -0.4 is 0 Å². The summed E-state index contributed by atoms with van der Waals surface area (Å²) in [7, 11) is 0. The summed E-state index contributed by atoms with van der Waals surface area (Å²) in [5, 5.41) is 11.9. The number of carbonyl (C=O) groups excluding carboxylic acids is 1. The highest BCUT2D eigenvalue weighted by Crippen LogP contribution is 2.34. The van der Waals surface area contributed by atoms with Crippen molar-refractivity contribution in [2.45, 2.75) is 25.8 Å². The SMILES string of the molecule is Cc1csc([C@H]2CCCN2C(=O)c2cc(Cl)nc(C(=O)O)c2)n1. The van der Waals surface area contributed by atoms with E-state index in [-0.39, 0.29) is 28.4 Å². The molecule has 0 radical (unpaired) electrons. The third-order valence-corrected chi connectivity index (χ3v) is 4.95. The summed E-state index contributed by atoms with van der Waals surface area (Å²) in [6.45, 7) is 2.54. The van der Waals surface area contributed by atoms with Crippen LogP contribution in [-0.2, 0) is 0 Å². The van der Waals surface area contributed by atoms with Gasteiger partial charge in [0.25, 0.3) is 5.91 Å². The molecule has 6 nitrogen and oxygen atoms in total. The molecule has 0 unspecified atom stereocenters. The molecule has 3 heterocycles. The zero-order valence-corrected chi connectivity index (χ0v) is 13.9. The Balaban J connectivity index is 1.91. The first kappa shape index (κ1) is 15.9. The van der Waals surface area contributed by atoms with Crippen LogP contribution in [0.5, 0.6) is 0 Å². The Bertz CT molecular complexity index is 777. The van der Waals surface area contributed by atoms with E-state index >= 15 is 0 Å². The average molecular weight is 352 g/mol. The lowest BCUT2D eigenvalue weighted by atomic mass is 10.1. The lowest BCUT2D eigenvalue weighted by Crippen LogP contribution is -2.30. The van der Waals surface area contributed by atoms with Crippen molar-refractivity contribution < 1.29 is 14.7 Å². The largest absolute Gasteiger partial charge is 0.477 e. The highest BCUT2D eigenvalue weighted by molar-refractivity contribution is 7.09. The molecule has 0 saturated carbocycles. The fourth-order valence-corrected chi connectivity index (χ4v) is 3.84. The Labute approximate surface area is 141 Å². The van der Waals surface area contributed by atoms with Gasteiger partial charge in [-0.3, -0.25) is 4.79 Å². The van der Waals surface area contributed by atoms with Crippen LogP contribution in [-0.4, -0.2) is 38.4 Å². The van der Waals surface area contributed by atoms with Crippen molar-refractivity contribution >= 4 is 34.8 Å². The zero-order valence-electron chi connectivity index (χ0n) is 12.3. The van der Waals surface area contributed by atoms with Gasteiger partial charge in [0.15, 0.2) is 5.69 Å². The molecular formula is C15H14ClN3O3S. The van der Waals surface area contributed by atoms with E-state index in [0.717, 1.165) is 23.5 Å². The molecule has 0 bridgehead atoms. The van der Waals surface area contributed by atoms with Crippen molar-refractivity contribution in [1.29, 1.82) is 0 Å². The second-order valence-electron chi connectivity index (χ2n) is 5.35. The van der Waals surface area contributed by atoms with Crippen molar-refractivity contribution in [2.24, 2.45) is 0 Å². The summed E-state index contributed by atoms with van der Waals surface area (Å²) in [5.41, 5.74) is 0.939. The van der Waals surface area contributed by atoms with Crippen molar-refractivity contribution in [3.8, 4) is 0 Å². The molecule has 3 rings (SSSR count). The number of carbonyl (C=O) groups is 2. The number of rotatable bonds is 3. The van der Waals surface area contributed by atoms with Gasteiger partial charge >= 0.3 is 5.97 Å². The molecule has 0 spiro atoms. The third-order valence-electron chi connectivity index (χ3n) is 3.70. The number of likely N-dealkylation sites (tertiary alicyclic amines) is 1. The lowest BCUT2D eigenvalue weighted by molar-refractivity contribution is 0.0690. The smallest absolute Gasteiger partial charge is 0.354 e. The predicted molar refractivity (Wildman–Crippen MR) is 86.1 cm³/mol. The van der Waals surface area contributed by atoms with Crippen LogP contribution in [0.4, 0.5) is 0 Å². The van der Waals surface area contributed by atoms with Crippen LogP contribution in [0.2, 0.25) is 5.15 Å². The number of nitrogens with zero attached hydrogens (tertiary/aromatic N) is 3. The van der Waals surface area contributed by atoms with Crippen LogP contribution in [0.1, 0.15) is 50.4 Å². The number of thiazole rings is 1. The number of hydrogen-bond acceptors (Lipinski definition) is 5. The van der Waals surface area contributed by atoms with Gasteiger partial charge in [0.05, 0.1) is 6.04 Å². The molecule has 8 heteroatoms. The summed E-state index contributed by atoms with van der Waals surface area (Å²) in [6.07, 6.45) is 1.74. The van der Waals surface area contributed by atoms with E-state index < -0.39 is 5.97 Å². The minimum absolute atomic E-state index is 0.00547. The van der Waals surface area contributed by atoms with Crippen LogP contribution in [0.15, 0.2) is 17.5 Å². The minimum atomic E-state index is -1.21. The maximum Gasteiger partial charge on any atom is 0.354 e. The molecule has 1 amide bonds. The molecule has 120 valence electrons. The molecule has 1 aliphatic rings. The molecule has 1 fully saturated rings. The van der Waals surface area contributed by atoms with Crippen molar-refractivity contribution in [2.75, 3.05) is 6.54 Å². The molecular weight excluding hydrogens is 338 g/mol. The second-order valence-corrected chi connectivity index (χ2v) is 6.63. The topological polar surface area (TPSA) is 83.4 Å². The number of carboxylic acids is 1. The quantitative estimate of drug-likeness (QED) is 0.858. The van der Waals surface area contributed by atoms with Gasteiger partial charge in [-0.25, -0.2) is 14.8 Å². The van der Waals surface area contributed by atoms with E-state index in [2.05, 4.69) is 9.97 Å². The van der Waals surface area contributed by atoms with Gasteiger partial charge in [-0.05, 0) is 31.9 Å². The van der Waals surface area contributed by atoms with Crippen LogP contribution in [0, 0.1) is 6.92 Å². The number of halogens is 1. The Morgan fingerprint density at radius 3 is 2.83 bits per heavy atom. The van der Waals surface area contributed by atoms with E-state index in [4.69, 9.17) is 16.7 Å². The van der Waals surface area contributed by atoms with Gasteiger partial charge in [0.1, 0.15) is 10.2 Å². The number of carboxylic acid groups (broad SMARTS) is 1. The average Bonchev–Trinajstić information content (AvgIpc) is 3.14. The van der Waals surface area contributed by atoms with Gasteiger partial charge in [0.2, 0.25) is 0 Å². The minimum Gasteiger partial charge on any atom is -0.477 e. The normalized spacial score (nSPS) is 17.5. The van der Waals surface area contributed by atoms with E-state index in [0.29, 0.717) is 6.54 Å². The molecule has 1 N–H and O–H groups in total. The van der Waals surface area contributed by atoms with Crippen molar-refractivity contribution in [3.63, 3.8) is 0 Å². The number of hydrogen-bond donors (Lipinski definition) is 1. The monoisotopic (exact) mass is 351 g/mol. The van der Waals surface area contributed by atoms with E-state index in [1.165, 1.54) is 23.5 Å². The Morgan fingerprint density at radius 1 is 1.39 bits per heavy atom. The molecule has 0 aromatic carbocycles. The maximum atomic E-state index is 12.8. The Kier molecular flexibility index (Phi) is 4.32. The van der Waals surface area contributed by atoms with E-state index in [1.807, 2.05) is 12.3 Å². The number of aryl methyl sites for hydroxylation is 1. The number of aromatic nitrogens is 2. The van der Waals surface area contributed by atoms with Crippen LogP contribution in [0.3, 0.4) is 0 Å². The number of pyridine rings is 1. The standard InChI is InChI=1S/C15H14ClN3O3S/c1-8-7-23-13(17-8)11-3-2-4-19(11)14(20)9-5-10(15(21)22)18-12(16)6-9/h5-7,11H,2-4H2,1H3,(H,21,22)/t11-/m1/s1. The first-order valence-corrected chi connectivity index (χ1v) is 8.35. The van der Waals surface area contributed by atoms with E-state index in [9.17, 15) is 9.59 Å². The summed E-state index contributed by atoms with van der Waals surface area (Å²) in [5.74, 6) is -1.46. The summed E-state index contributed by atoms with van der Waals surface area (Å²) >= 11 is 7.38. The van der Waals surface area contributed by atoms with Crippen LogP contribution in [0.25, 0.3) is 0 Å². The fourth-order valence-electron chi connectivity index (χ4n) is 2.69. The molecule has 1 saturated heterocycles. The van der Waals surface area contributed by atoms with Gasteiger partial charge in [-0.1, -0.05) is 11.6 Å². The molecule has 1 aliphatic heterocycles. The first-order chi connectivity index (χ1) is 11.0. The van der Waals surface area contributed by atoms with Crippen molar-refractivity contribution in [1.82, 2.24) is 14.9 Å². The summed E-state index contributed by atoms with van der Waals surface area (Å²) in [6, 6.07) is 2.60. The summed E-state index contributed by atoms with van der Waals surface area (Å²) < 4.78 is 0. The molecule has 1 atom stereocenters. The Hall–Kier alpha value is -1.99. The molecule has 23 heavy (non-hydrogen) atoms. The molecule has 0 aliphatic carbocycles. The van der Waals surface area contributed by atoms with Gasteiger partial charge in [-0.2, -0.15) is 0 Å². The Morgan fingerprint density at radius 2 is 2.17 bits per heavy atom. The fraction of sp³-hybridized carbons (Fsp3) is 0.333. The number of aromatic carboxylic acids is 1. The van der Waals surface area contributed by atoms with Gasteiger partial charge in [-0.15, -0.1) is 11.3 Å². The lowest BCUT2D eigenvalue weighted by Gasteiger charge is -2.23. The zero-order chi connectivity index (χ0) is 16.6. The third kappa shape index (κ3) is 3.20. The van der Waals surface area contributed by atoms with Gasteiger partial charge in [0, 0.05) is 23.2 Å². The first-order valence-electron chi connectivity index (χ1n) is 7.09.